The molecule has 0 nitrogen and oxygen atoms in total. The zero-order valence-corrected chi connectivity index (χ0v) is 21.2. The normalized spacial score (nSPS) is 14.7. The minimum Gasteiger partial charge on any atom is -0.0631 e. The van der Waals surface area contributed by atoms with E-state index < -0.39 is 15.8 Å². The second kappa shape index (κ2) is 10.1. The molecule has 0 radical (unpaired) electrons. The minimum atomic E-state index is -0.656. The van der Waals surface area contributed by atoms with Crippen LogP contribution in [0.15, 0.2) is 152 Å². The first-order valence-corrected chi connectivity index (χ1v) is 14.8. The van der Waals surface area contributed by atoms with E-state index in [1.165, 1.54) is 37.7 Å². The molecule has 5 aromatic rings. The van der Waals surface area contributed by atoms with E-state index in [2.05, 4.69) is 152 Å². The van der Waals surface area contributed by atoms with Crippen molar-refractivity contribution in [1.82, 2.24) is 0 Å². The Morgan fingerprint density at radius 1 is 0.400 bits per heavy atom. The van der Waals surface area contributed by atoms with Gasteiger partial charge in [-0.2, -0.15) is 0 Å². The van der Waals surface area contributed by atoms with Crippen molar-refractivity contribution >= 4 is 42.4 Å². The van der Waals surface area contributed by atoms with Gasteiger partial charge in [0.25, 0.3) is 0 Å². The van der Waals surface area contributed by atoms with Crippen LogP contribution in [0.25, 0.3) is 5.31 Å². The van der Waals surface area contributed by atoms with Crippen molar-refractivity contribution in [3.63, 3.8) is 0 Å². The molecule has 0 spiro atoms. The van der Waals surface area contributed by atoms with Gasteiger partial charge in [-0.15, -0.1) is 0 Å². The second-order valence-electron chi connectivity index (χ2n) is 8.63. The standard InChI is InChI=1S/C33H26P2/c1-5-15-26(16-6-1)34(27-17-7-2-8-18-27)32-25-33(31-24-14-13-23-30(31)32)35(28-19-9-3-10-20-28)29-21-11-4-12-22-29/h1-25,32H. The third-order valence-electron chi connectivity index (χ3n) is 6.49. The number of benzene rings is 5. The molecule has 1 aliphatic carbocycles. The Balaban J connectivity index is 1.56. The Kier molecular flexibility index (Phi) is 6.42. The second-order valence-corrected chi connectivity index (χ2v) is 13.1. The van der Waals surface area contributed by atoms with Crippen LogP contribution >= 0.6 is 15.8 Å². The smallest absolute Gasteiger partial charge is 0.0317 e. The van der Waals surface area contributed by atoms with Crippen molar-refractivity contribution in [2.45, 2.75) is 5.66 Å². The highest BCUT2D eigenvalue weighted by Crippen LogP contribution is 2.62. The summed E-state index contributed by atoms with van der Waals surface area (Å²) in [6, 6.07) is 53.4. The first-order valence-electron chi connectivity index (χ1n) is 12.0. The summed E-state index contributed by atoms with van der Waals surface area (Å²) in [7, 11) is -1.25. The van der Waals surface area contributed by atoms with Crippen LogP contribution < -0.4 is 21.2 Å². The average molecular weight is 485 g/mol. The van der Waals surface area contributed by atoms with Gasteiger partial charge in [0.05, 0.1) is 0 Å². The lowest BCUT2D eigenvalue weighted by atomic mass is 10.1. The molecule has 0 N–H and O–H groups in total. The molecule has 5 aromatic carbocycles. The summed E-state index contributed by atoms with van der Waals surface area (Å²) >= 11 is 0. The topological polar surface area (TPSA) is 0 Å². The van der Waals surface area contributed by atoms with Gasteiger partial charge in [0, 0.05) is 5.66 Å². The maximum Gasteiger partial charge on any atom is 0.0317 e. The first-order chi connectivity index (χ1) is 17.4. The number of hydrogen-bond donors (Lipinski definition) is 0. The fourth-order valence-corrected chi connectivity index (χ4v) is 10.3. The van der Waals surface area contributed by atoms with Gasteiger partial charge in [-0.3, -0.25) is 0 Å². The van der Waals surface area contributed by atoms with Crippen molar-refractivity contribution in [2.75, 3.05) is 0 Å². The molecule has 2 heteroatoms. The molecule has 1 atom stereocenters. The summed E-state index contributed by atoms with van der Waals surface area (Å²) in [6.07, 6.45) is 2.61. The van der Waals surface area contributed by atoms with Crippen LogP contribution in [0.1, 0.15) is 16.8 Å². The molecule has 0 amide bonds. The van der Waals surface area contributed by atoms with E-state index in [0.29, 0.717) is 5.66 Å². The fourth-order valence-electron chi connectivity index (χ4n) is 4.95. The van der Waals surface area contributed by atoms with E-state index in [-0.39, 0.29) is 0 Å². The highest BCUT2D eigenvalue weighted by Gasteiger charge is 2.34. The lowest BCUT2D eigenvalue weighted by Gasteiger charge is -2.25. The molecule has 1 aliphatic rings. The van der Waals surface area contributed by atoms with Crippen LogP contribution in [0, 0.1) is 0 Å². The zero-order valence-electron chi connectivity index (χ0n) is 19.4. The molecule has 35 heavy (non-hydrogen) atoms. The van der Waals surface area contributed by atoms with Crippen molar-refractivity contribution in [2.24, 2.45) is 0 Å². The molecule has 168 valence electrons. The van der Waals surface area contributed by atoms with Crippen LogP contribution in [-0.4, -0.2) is 0 Å². The van der Waals surface area contributed by atoms with E-state index in [4.69, 9.17) is 0 Å². The van der Waals surface area contributed by atoms with Crippen LogP contribution in [0.3, 0.4) is 0 Å². The third-order valence-corrected chi connectivity index (χ3v) is 11.7. The van der Waals surface area contributed by atoms with Crippen molar-refractivity contribution in [3.05, 3.63) is 163 Å². The summed E-state index contributed by atoms with van der Waals surface area (Å²) < 4.78 is 0. The summed E-state index contributed by atoms with van der Waals surface area (Å²) in [6.45, 7) is 0. The summed E-state index contributed by atoms with van der Waals surface area (Å²) in [5, 5.41) is 7.14. The molecule has 0 fully saturated rings. The maximum absolute atomic E-state index is 2.61. The van der Waals surface area contributed by atoms with Gasteiger partial charge in [0.15, 0.2) is 0 Å². The first kappa shape index (κ1) is 22.2. The largest absolute Gasteiger partial charge is 0.0631 e. The van der Waals surface area contributed by atoms with E-state index in [1.54, 1.807) is 0 Å². The highest BCUT2D eigenvalue weighted by atomic mass is 31.1. The molecule has 0 saturated heterocycles. The van der Waals surface area contributed by atoms with E-state index in [1.807, 2.05) is 0 Å². The van der Waals surface area contributed by atoms with Gasteiger partial charge in [-0.05, 0) is 53.5 Å². The van der Waals surface area contributed by atoms with Gasteiger partial charge in [-0.1, -0.05) is 152 Å². The Hall–Kier alpha value is -3.30. The van der Waals surface area contributed by atoms with Crippen molar-refractivity contribution in [3.8, 4) is 0 Å². The van der Waals surface area contributed by atoms with E-state index >= 15 is 0 Å². The maximum atomic E-state index is 2.61. The summed E-state index contributed by atoms with van der Waals surface area (Å²) in [4.78, 5) is 0. The molecule has 0 aromatic heterocycles. The number of fused-ring (bicyclic) bond motifs is 1. The van der Waals surface area contributed by atoms with Crippen LogP contribution in [0.5, 0.6) is 0 Å². The van der Waals surface area contributed by atoms with Crippen LogP contribution in [0.2, 0.25) is 0 Å². The summed E-state index contributed by atoms with van der Waals surface area (Å²) in [5.41, 5.74) is 3.22. The van der Waals surface area contributed by atoms with Crippen molar-refractivity contribution in [1.29, 1.82) is 0 Å². The van der Waals surface area contributed by atoms with E-state index in [9.17, 15) is 0 Å². The van der Waals surface area contributed by atoms with Gasteiger partial charge in [-0.25, -0.2) is 0 Å². The number of allylic oxidation sites excluding steroid dienone is 1. The predicted octanol–water partition coefficient (Wildman–Crippen LogP) is 7.35. The third kappa shape index (κ3) is 4.41. The SMILES string of the molecule is C1=C(P(c2ccccc2)c2ccccc2)c2ccccc2C1P(c1ccccc1)c1ccccc1. The van der Waals surface area contributed by atoms with Gasteiger partial charge in [0.2, 0.25) is 0 Å². The predicted molar refractivity (Wildman–Crippen MR) is 155 cm³/mol. The minimum absolute atomic E-state index is 0.346. The molecule has 0 aliphatic heterocycles. The van der Waals surface area contributed by atoms with E-state index in [0.717, 1.165) is 0 Å². The zero-order chi connectivity index (χ0) is 23.5. The lowest BCUT2D eigenvalue weighted by molar-refractivity contribution is 1.25. The van der Waals surface area contributed by atoms with Crippen molar-refractivity contribution < 1.29 is 0 Å². The Bertz CT molecular complexity index is 1350. The lowest BCUT2D eigenvalue weighted by Crippen LogP contribution is -2.15. The van der Waals surface area contributed by atoms with Crippen LogP contribution in [0.4, 0.5) is 0 Å². The van der Waals surface area contributed by atoms with Crippen LogP contribution in [-0.2, 0) is 0 Å². The Labute approximate surface area is 210 Å². The molecule has 6 rings (SSSR count). The molecule has 1 unspecified atom stereocenters. The molecular weight excluding hydrogens is 458 g/mol. The highest BCUT2D eigenvalue weighted by molar-refractivity contribution is 7.82. The molecule has 0 heterocycles. The average Bonchev–Trinajstić information content (AvgIpc) is 3.30. The quantitative estimate of drug-likeness (QED) is 0.221. The fraction of sp³-hybridized carbons (Fsp3) is 0.0303. The van der Waals surface area contributed by atoms with Gasteiger partial charge < -0.3 is 0 Å². The molecule has 0 bridgehead atoms. The molecular formula is C33H26P2. The summed E-state index contributed by atoms with van der Waals surface area (Å²) in [5.74, 6) is 0. The van der Waals surface area contributed by atoms with Gasteiger partial charge in [0.1, 0.15) is 0 Å². The monoisotopic (exact) mass is 484 g/mol. The Morgan fingerprint density at radius 2 is 0.800 bits per heavy atom. The number of hydrogen-bond acceptors (Lipinski definition) is 0. The Morgan fingerprint density at radius 3 is 1.29 bits per heavy atom. The molecule has 0 saturated carbocycles. The number of rotatable bonds is 6. The van der Waals surface area contributed by atoms with Gasteiger partial charge >= 0.3 is 0 Å².